The zero-order valence-electron chi connectivity index (χ0n) is 24.4. The van der Waals surface area contributed by atoms with Crippen molar-refractivity contribution in [3.05, 3.63) is 77.4 Å². The predicted octanol–water partition coefficient (Wildman–Crippen LogP) is 6.96. The van der Waals surface area contributed by atoms with Crippen molar-refractivity contribution in [2.75, 3.05) is 20.3 Å². The number of aliphatic hydroxyl groups is 2. The molecule has 0 bridgehead atoms. The van der Waals surface area contributed by atoms with E-state index in [-0.39, 0.29) is 11.6 Å². The minimum atomic E-state index is -1.74. The molecule has 2 aromatic rings. The summed E-state index contributed by atoms with van der Waals surface area (Å²) in [7, 11) is -1.43. The number of hydrogen-bond donors (Lipinski definition) is 2. The summed E-state index contributed by atoms with van der Waals surface area (Å²) in [6, 6.07) is 12.1. The van der Waals surface area contributed by atoms with Gasteiger partial charge in [-0.25, -0.2) is 0 Å². The first-order chi connectivity index (χ1) is 18.2. The van der Waals surface area contributed by atoms with E-state index >= 15 is 0 Å². The molecule has 0 amide bonds. The summed E-state index contributed by atoms with van der Waals surface area (Å²) in [6.45, 7) is 16.9. The average molecular weight is 556 g/mol. The fourth-order valence-electron chi connectivity index (χ4n) is 3.97. The van der Waals surface area contributed by atoms with E-state index in [4.69, 9.17) is 23.1 Å². The quantitative estimate of drug-likeness (QED) is 0.240. The van der Waals surface area contributed by atoms with Crippen LogP contribution in [0.2, 0.25) is 18.1 Å². The standard InChI is InChI=1S/C29H42BNO7Si/c1-21-15-25(34-13-10-14-36-39(7,8)29(3,4)5)16-22(2)28(21)24-12-9-11-23(17-24)20-35-30-37-26(32)18-31(6)19-27(33)38-30/h9,11-12,15-19,32-33H,10,13-14,20H2,1-8H3/b26-18-,27-19?. The van der Waals surface area contributed by atoms with Crippen LogP contribution in [0.5, 0.6) is 5.75 Å². The number of nitrogens with zero attached hydrogens (tertiary/aromatic N) is 1. The molecule has 0 atom stereocenters. The third-order valence-electron chi connectivity index (χ3n) is 7.00. The summed E-state index contributed by atoms with van der Waals surface area (Å²) in [5.74, 6) is 0.0684. The highest BCUT2D eigenvalue weighted by Gasteiger charge is 2.36. The van der Waals surface area contributed by atoms with Crippen molar-refractivity contribution >= 4 is 15.6 Å². The fraction of sp³-hybridized carbons (Fsp3) is 0.448. The lowest BCUT2D eigenvalue weighted by molar-refractivity contribution is 0.0544. The second-order valence-corrected chi connectivity index (χ2v) is 16.2. The Morgan fingerprint density at radius 1 is 0.949 bits per heavy atom. The molecule has 0 radical (unpaired) electrons. The molecule has 0 fully saturated rings. The molecular weight excluding hydrogens is 513 g/mol. The van der Waals surface area contributed by atoms with Gasteiger partial charge in [0.2, 0.25) is 0 Å². The van der Waals surface area contributed by atoms with Crippen molar-refractivity contribution in [2.24, 2.45) is 0 Å². The van der Waals surface area contributed by atoms with Gasteiger partial charge in [-0.15, -0.1) is 0 Å². The van der Waals surface area contributed by atoms with Gasteiger partial charge in [0.1, 0.15) is 5.75 Å². The molecule has 8 nitrogen and oxygen atoms in total. The average Bonchev–Trinajstić information content (AvgIpc) is 2.80. The lowest BCUT2D eigenvalue weighted by Gasteiger charge is -2.36. The smallest absolute Gasteiger partial charge is 0.493 e. The molecule has 0 spiro atoms. The first kappa shape index (κ1) is 30.5. The number of hydrogen-bond acceptors (Lipinski definition) is 8. The molecule has 1 aliphatic rings. The lowest BCUT2D eigenvalue weighted by atomic mass is 9.94. The number of aryl methyl sites for hydroxylation is 2. The molecule has 2 aromatic carbocycles. The monoisotopic (exact) mass is 555 g/mol. The normalized spacial score (nSPS) is 15.9. The van der Waals surface area contributed by atoms with Gasteiger partial charge in [0.25, 0.3) is 11.9 Å². The van der Waals surface area contributed by atoms with Crippen LogP contribution in [0, 0.1) is 13.8 Å². The molecule has 0 aromatic heterocycles. The van der Waals surface area contributed by atoms with E-state index < -0.39 is 27.5 Å². The van der Waals surface area contributed by atoms with Gasteiger partial charge in [-0.3, -0.25) is 0 Å². The summed E-state index contributed by atoms with van der Waals surface area (Å²) in [5, 5.41) is 19.9. The van der Waals surface area contributed by atoms with Crippen molar-refractivity contribution in [2.45, 2.75) is 65.8 Å². The summed E-state index contributed by atoms with van der Waals surface area (Å²) in [6.07, 6.45) is 3.43. The molecule has 10 heteroatoms. The van der Waals surface area contributed by atoms with Crippen LogP contribution in [0.3, 0.4) is 0 Å². The van der Waals surface area contributed by atoms with Gasteiger partial charge in [-0.05, 0) is 78.0 Å². The van der Waals surface area contributed by atoms with Crippen molar-refractivity contribution in [1.29, 1.82) is 0 Å². The Labute approximate surface area is 234 Å². The van der Waals surface area contributed by atoms with E-state index in [0.717, 1.165) is 40.0 Å². The summed E-state index contributed by atoms with van der Waals surface area (Å²) in [4.78, 5) is 1.40. The van der Waals surface area contributed by atoms with Crippen LogP contribution in [0.1, 0.15) is 43.9 Å². The molecule has 0 unspecified atom stereocenters. The van der Waals surface area contributed by atoms with Gasteiger partial charge < -0.3 is 38.2 Å². The Morgan fingerprint density at radius 2 is 1.56 bits per heavy atom. The highest BCUT2D eigenvalue weighted by atomic mass is 28.4. The van der Waals surface area contributed by atoms with Crippen LogP contribution in [0.4, 0.5) is 0 Å². The Bertz CT molecular complexity index is 1150. The fourth-order valence-corrected chi connectivity index (χ4v) is 5.06. The van der Waals surface area contributed by atoms with Gasteiger partial charge >= 0.3 is 7.32 Å². The third-order valence-corrected chi connectivity index (χ3v) is 11.5. The molecule has 0 aliphatic carbocycles. The maximum absolute atomic E-state index is 9.87. The summed E-state index contributed by atoms with van der Waals surface area (Å²) >= 11 is 0. The Hall–Kier alpha value is -3.08. The Kier molecular flexibility index (Phi) is 10.0. The highest BCUT2D eigenvalue weighted by molar-refractivity contribution is 6.74. The van der Waals surface area contributed by atoms with E-state index in [9.17, 15) is 10.2 Å². The topological polar surface area (TPSA) is 89.9 Å². The van der Waals surface area contributed by atoms with Gasteiger partial charge in [0, 0.05) is 20.1 Å². The van der Waals surface area contributed by atoms with Gasteiger partial charge in [0.15, 0.2) is 8.32 Å². The molecule has 0 saturated carbocycles. The molecule has 0 saturated heterocycles. The van der Waals surface area contributed by atoms with Crippen LogP contribution >= 0.6 is 0 Å². The molecule has 2 N–H and O–H groups in total. The molecule has 39 heavy (non-hydrogen) atoms. The highest BCUT2D eigenvalue weighted by Crippen LogP contribution is 2.36. The van der Waals surface area contributed by atoms with Gasteiger partial charge in [0.05, 0.1) is 25.6 Å². The van der Waals surface area contributed by atoms with Crippen molar-refractivity contribution in [3.63, 3.8) is 0 Å². The lowest BCUT2D eigenvalue weighted by Crippen LogP contribution is -2.41. The minimum Gasteiger partial charge on any atom is -0.493 e. The maximum Gasteiger partial charge on any atom is 0.792 e. The largest absolute Gasteiger partial charge is 0.792 e. The molecule has 1 aliphatic heterocycles. The second kappa shape index (κ2) is 12.8. The molecular formula is C29H42BNO7Si. The Morgan fingerprint density at radius 3 is 2.15 bits per heavy atom. The van der Waals surface area contributed by atoms with E-state index in [0.29, 0.717) is 13.2 Å². The Balaban J connectivity index is 1.60. The molecule has 1 heterocycles. The first-order valence-electron chi connectivity index (χ1n) is 13.2. The van der Waals surface area contributed by atoms with Crippen LogP contribution in [-0.2, 0) is 25.0 Å². The number of benzene rings is 2. The minimum absolute atomic E-state index is 0.144. The van der Waals surface area contributed by atoms with E-state index in [1.807, 2.05) is 18.2 Å². The van der Waals surface area contributed by atoms with Crippen LogP contribution in [0.15, 0.2) is 60.7 Å². The van der Waals surface area contributed by atoms with E-state index in [1.54, 1.807) is 7.05 Å². The number of aliphatic hydroxyl groups excluding tert-OH is 2. The molecule has 212 valence electrons. The van der Waals surface area contributed by atoms with Crippen molar-refractivity contribution in [3.8, 4) is 16.9 Å². The zero-order chi connectivity index (χ0) is 28.8. The van der Waals surface area contributed by atoms with Crippen molar-refractivity contribution < 1.29 is 33.3 Å². The maximum atomic E-state index is 9.87. The second-order valence-electron chi connectivity index (χ2n) is 11.4. The van der Waals surface area contributed by atoms with Gasteiger partial charge in [-0.1, -0.05) is 39.0 Å². The van der Waals surface area contributed by atoms with Crippen LogP contribution < -0.4 is 4.74 Å². The summed E-state index contributed by atoms with van der Waals surface area (Å²) in [5.41, 5.74) is 5.29. The zero-order valence-corrected chi connectivity index (χ0v) is 25.4. The van der Waals surface area contributed by atoms with Crippen LogP contribution in [0.25, 0.3) is 11.1 Å². The van der Waals surface area contributed by atoms with Crippen LogP contribution in [-0.4, -0.2) is 51.0 Å². The van der Waals surface area contributed by atoms with E-state index in [2.05, 4.69) is 65.9 Å². The number of rotatable bonds is 10. The predicted molar refractivity (Wildman–Crippen MR) is 157 cm³/mol. The molecule has 3 rings (SSSR count). The van der Waals surface area contributed by atoms with E-state index in [1.165, 1.54) is 17.3 Å². The van der Waals surface area contributed by atoms with Gasteiger partial charge in [-0.2, -0.15) is 0 Å². The number of ether oxygens (including phenoxy) is 1. The third kappa shape index (κ3) is 8.71. The van der Waals surface area contributed by atoms with Crippen molar-refractivity contribution in [1.82, 2.24) is 4.90 Å². The first-order valence-corrected chi connectivity index (χ1v) is 16.1. The SMILES string of the molecule is Cc1cc(OCCCO[Si](C)(C)C(C)(C)C)cc(C)c1-c1cccc(COB2OC(O)=CN(C)/C=C(/O)O2)c1. The summed E-state index contributed by atoms with van der Waals surface area (Å²) < 4.78 is 28.4.